The predicted molar refractivity (Wildman–Crippen MR) is 66.7 cm³/mol. The number of aliphatic carboxylic acids is 1. The molecule has 20 heavy (non-hydrogen) atoms. The van der Waals surface area contributed by atoms with Crippen molar-refractivity contribution in [2.24, 2.45) is 5.73 Å². The van der Waals surface area contributed by atoms with Gasteiger partial charge in [0.1, 0.15) is 6.04 Å². The van der Waals surface area contributed by atoms with Crippen LogP contribution in [0.5, 0.6) is 0 Å². The van der Waals surface area contributed by atoms with Gasteiger partial charge < -0.3 is 16.2 Å². The van der Waals surface area contributed by atoms with Crippen LogP contribution in [-0.4, -0.2) is 44.2 Å². The van der Waals surface area contributed by atoms with Crippen molar-refractivity contribution in [3.63, 3.8) is 0 Å². The highest BCUT2D eigenvalue weighted by atomic mass is 16.4. The molecule has 0 aromatic carbocycles. The lowest BCUT2D eigenvalue weighted by atomic mass is 10.2. The van der Waals surface area contributed by atoms with E-state index in [0.717, 1.165) is 0 Å². The third-order valence-electron chi connectivity index (χ3n) is 2.33. The molecule has 3 amide bonds. The Labute approximate surface area is 113 Å². The number of carbonyl (C=O) groups is 3. The SMILES string of the molecule is Cc1nnc(NC(=O)NC(CC(N)=O)C(=O)O)nc1C. The van der Waals surface area contributed by atoms with Crippen LogP contribution >= 0.6 is 0 Å². The Bertz CT molecular complexity index is 547. The van der Waals surface area contributed by atoms with Crippen molar-refractivity contribution < 1.29 is 19.5 Å². The summed E-state index contributed by atoms with van der Waals surface area (Å²) in [7, 11) is 0. The van der Waals surface area contributed by atoms with Crippen LogP contribution in [0.25, 0.3) is 0 Å². The number of nitrogens with one attached hydrogen (secondary N) is 2. The number of nitrogens with zero attached hydrogens (tertiary/aromatic N) is 3. The molecule has 0 fully saturated rings. The number of carboxylic acids is 1. The van der Waals surface area contributed by atoms with Gasteiger partial charge >= 0.3 is 12.0 Å². The second-order valence-corrected chi connectivity index (χ2v) is 3.97. The van der Waals surface area contributed by atoms with Gasteiger partial charge in [-0.25, -0.2) is 14.6 Å². The maximum absolute atomic E-state index is 11.6. The molecule has 0 aliphatic rings. The maximum Gasteiger partial charge on any atom is 0.326 e. The summed E-state index contributed by atoms with van der Waals surface area (Å²) in [6, 6.07) is -2.30. The summed E-state index contributed by atoms with van der Waals surface area (Å²) in [6.45, 7) is 3.38. The minimum Gasteiger partial charge on any atom is -0.480 e. The summed E-state index contributed by atoms with van der Waals surface area (Å²) in [5, 5.41) is 20.5. The van der Waals surface area contributed by atoms with E-state index in [-0.39, 0.29) is 5.95 Å². The van der Waals surface area contributed by atoms with Gasteiger partial charge in [-0.3, -0.25) is 10.1 Å². The number of urea groups is 1. The van der Waals surface area contributed by atoms with E-state index in [0.29, 0.717) is 11.4 Å². The summed E-state index contributed by atoms with van der Waals surface area (Å²) in [6.07, 6.45) is -0.519. The van der Waals surface area contributed by atoms with Gasteiger partial charge in [0.05, 0.1) is 17.8 Å². The van der Waals surface area contributed by atoms with Gasteiger partial charge in [-0.05, 0) is 13.8 Å². The van der Waals surface area contributed by atoms with Crippen molar-refractivity contribution in [2.75, 3.05) is 5.32 Å². The van der Waals surface area contributed by atoms with Crippen molar-refractivity contribution >= 4 is 23.9 Å². The van der Waals surface area contributed by atoms with Crippen LogP contribution in [0.1, 0.15) is 17.8 Å². The van der Waals surface area contributed by atoms with E-state index < -0.39 is 30.4 Å². The Morgan fingerprint density at radius 1 is 1.25 bits per heavy atom. The van der Waals surface area contributed by atoms with Crippen LogP contribution in [0, 0.1) is 13.8 Å². The van der Waals surface area contributed by atoms with E-state index in [9.17, 15) is 14.4 Å². The number of amides is 3. The van der Waals surface area contributed by atoms with Crippen molar-refractivity contribution in [1.29, 1.82) is 0 Å². The van der Waals surface area contributed by atoms with E-state index >= 15 is 0 Å². The molecule has 0 radical (unpaired) electrons. The molecule has 5 N–H and O–H groups in total. The fraction of sp³-hybridized carbons (Fsp3) is 0.400. The summed E-state index contributed by atoms with van der Waals surface area (Å²) in [4.78, 5) is 37.0. The van der Waals surface area contributed by atoms with Crippen LogP contribution in [0.4, 0.5) is 10.7 Å². The zero-order chi connectivity index (χ0) is 15.3. The standard InChI is InChI=1S/C10H14N6O4/c1-4-5(2)15-16-9(12-4)14-10(20)13-6(8(18)19)3-7(11)17/h6H,3H2,1-2H3,(H2,11,17)(H,18,19)(H2,12,13,14,16,20). The highest BCUT2D eigenvalue weighted by Gasteiger charge is 2.22. The number of rotatable bonds is 5. The largest absolute Gasteiger partial charge is 0.480 e. The molecule has 0 saturated carbocycles. The van der Waals surface area contributed by atoms with Gasteiger partial charge in [-0.1, -0.05) is 0 Å². The number of aryl methyl sites for hydroxylation is 2. The maximum atomic E-state index is 11.6. The predicted octanol–water partition coefficient (Wildman–Crippen LogP) is -1.06. The average molecular weight is 282 g/mol. The van der Waals surface area contributed by atoms with Gasteiger partial charge in [0.15, 0.2) is 0 Å². The molecule has 1 unspecified atom stereocenters. The van der Waals surface area contributed by atoms with Gasteiger partial charge in [-0.15, -0.1) is 5.10 Å². The molecule has 1 aromatic heterocycles. The Morgan fingerprint density at radius 3 is 2.40 bits per heavy atom. The van der Waals surface area contributed by atoms with Gasteiger partial charge in [0, 0.05) is 0 Å². The number of carboxylic acid groups (broad SMARTS) is 1. The van der Waals surface area contributed by atoms with E-state index in [1.807, 2.05) is 0 Å². The average Bonchev–Trinajstić information content (AvgIpc) is 2.32. The molecular weight excluding hydrogens is 268 g/mol. The first-order valence-electron chi connectivity index (χ1n) is 5.56. The van der Waals surface area contributed by atoms with E-state index in [1.54, 1.807) is 13.8 Å². The molecule has 1 atom stereocenters. The molecule has 0 spiro atoms. The number of nitrogens with two attached hydrogens (primary N) is 1. The number of anilines is 1. The van der Waals surface area contributed by atoms with Crippen molar-refractivity contribution in [3.05, 3.63) is 11.4 Å². The van der Waals surface area contributed by atoms with Gasteiger partial charge in [-0.2, -0.15) is 5.10 Å². The lowest BCUT2D eigenvalue weighted by molar-refractivity contribution is -0.140. The molecular formula is C10H14N6O4. The quantitative estimate of drug-likeness (QED) is 0.535. The molecule has 10 nitrogen and oxygen atoms in total. The topological polar surface area (TPSA) is 160 Å². The Kier molecular flexibility index (Phi) is 4.89. The van der Waals surface area contributed by atoms with E-state index in [4.69, 9.17) is 10.8 Å². The summed E-state index contributed by atoms with van der Waals surface area (Å²) < 4.78 is 0. The van der Waals surface area contributed by atoms with Gasteiger partial charge in [0.25, 0.3) is 5.95 Å². The third kappa shape index (κ3) is 4.48. The van der Waals surface area contributed by atoms with Crippen LogP contribution in [0.2, 0.25) is 0 Å². The highest BCUT2D eigenvalue weighted by molar-refractivity contribution is 5.92. The molecule has 0 saturated heterocycles. The molecule has 1 aromatic rings. The third-order valence-corrected chi connectivity index (χ3v) is 2.33. The number of hydrogen-bond acceptors (Lipinski definition) is 6. The monoisotopic (exact) mass is 282 g/mol. The molecule has 0 bridgehead atoms. The van der Waals surface area contributed by atoms with Gasteiger partial charge in [0.2, 0.25) is 5.91 Å². The van der Waals surface area contributed by atoms with E-state index in [2.05, 4.69) is 25.8 Å². The molecule has 10 heteroatoms. The summed E-state index contributed by atoms with van der Waals surface area (Å²) in [5.41, 5.74) is 6.06. The summed E-state index contributed by atoms with van der Waals surface area (Å²) in [5.74, 6) is -2.30. The Hall–Kier alpha value is -2.78. The highest BCUT2D eigenvalue weighted by Crippen LogP contribution is 2.02. The van der Waals surface area contributed by atoms with Crippen molar-refractivity contribution in [2.45, 2.75) is 26.3 Å². The lowest BCUT2D eigenvalue weighted by Crippen LogP contribution is -2.45. The van der Waals surface area contributed by atoms with Crippen LogP contribution < -0.4 is 16.4 Å². The first kappa shape index (κ1) is 15.3. The van der Waals surface area contributed by atoms with Crippen molar-refractivity contribution in [1.82, 2.24) is 20.5 Å². The van der Waals surface area contributed by atoms with E-state index in [1.165, 1.54) is 0 Å². The zero-order valence-electron chi connectivity index (χ0n) is 10.9. The molecule has 1 heterocycles. The normalized spacial score (nSPS) is 11.5. The number of carbonyl (C=O) groups excluding carboxylic acids is 2. The Balaban J connectivity index is 2.67. The summed E-state index contributed by atoms with van der Waals surface area (Å²) >= 11 is 0. The second-order valence-electron chi connectivity index (χ2n) is 3.97. The van der Waals surface area contributed by atoms with Crippen LogP contribution in [0.15, 0.2) is 0 Å². The zero-order valence-corrected chi connectivity index (χ0v) is 10.9. The molecule has 0 aliphatic carbocycles. The Morgan fingerprint density at radius 2 is 1.90 bits per heavy atom. The van der Waals surface area contributed by atoms with Crippen LogP contribution in [0.3, 0.4) is 0 Å². The molecule has 1 rings (SSSR count). The molecule has 108 valence electrons. The second kappa shape index (κ2) is 6.41. The number of primary amides is 1. The van der Waals surface area contributed by atoms with Crippen LogP contribution in [-0.2, 0) is 9.59 Å². The first-order chi connectivity index (χ1) is 9.29. The molecule has 0 aliphatic heterocycles. The lowest BCUT2D eigenvalue weighted by Gasteiger charge is -2.12. The van der Waals surface area contributed by atoms with Crippen molar-refractivity contribution in [3.8, 4) is 0 Å². The minimum absolute atomic E-state index is 0.0752. The fourth-order valence-corrected chi connectivity index (χ4v) is 1.21. The smallest absolute Gasteiger partial charge is 0.326 e. The number of hydrogen-bond donors (Lipinski definition) is 4. The number of aromatic nitrogens is 3. The first-order valence-corrected chi connectivity index (χ1v) is 5.56. The minimum atomic E-state index is -1.42. The fourth-order valence-electron chi connectivity index (χ4n) is 1.21.